The minimum Gasteiger partial charge on any atom is -0.322 e. The lowest BCUT2D eigenvalue weighted by molar-refractivity contribution is -0.136. The molecule has 0 bridgehead atoms. The van der Waals surface area contributed by atoms with E-state index in [1.807, 2.05) is 12.1 Å². The molecule has 32 heavy (non-hydrogen) atoms. The first-order valence-electron chi connectivity index (χ1n) is 11.5. The van der Waals surface area contributed by atoms with Crippen molar-refractivity contribution in [1.82, 2.24) is 10.2 Å². The van der Waals surface area contributed by atoms with Gasteiger partial charge in [-0.25, -0.2) is 0 Å². The van der Waals surface area contributed by atoms with E-state index in [0.29, 0.717) is 25.1 Å². The molecule has 1 fully saturated rings. The molecule has 1 saturated heterocycles. The van der Waals surface area contributed by atoms with Crippen molar-refractivity contribution in [2.45, 2.75) is 81.7 Å². The van der Waals surface area contributed by atoms with Gasteiger partial charge in [0.25, 0.3) is 5.91 Å². The van der Waals surface area contributed by atoms with E-state index in [1.165, 1.54) is 32.1 Å². The number of fused-ring (bicyclic) bond motifs is 1. The van der Waals surface area contributed by atoms with Crippen molar-refractivity contribution in [1.29, 1.82) is 0 Å². The maximum Gasteiger partial charge on any atom is 0.255 e. The van der Waals surface area contributed by atoms with Crippen LogP contribution in [0.2, 0.25) is 0 Å². The van der Waals surface area contributed by atoms with Crippen LogP contribution in [0.4, 0.5) is 0 Å². The Labute approximate surface area is 193 Å². The van der Waals surface area contributed by atoms with E-state index in [4.69, 9.17) is 5.53 Å². The summed E-state index contributed by atoms with van der Waals surface area (Å²) in [7, 11) is 0. The van der Waals surface area contributed by atoms with E-state index in [1.54, 1.807) is 16.7 Å². The Morgan fingerprint density at radius 3 is 2.50 bits per heavy atom. The smallest absolute Gasteiger partial charge is 0.255 e. The number of imide groups is 1. The second-order valence-electron chi connectivity index (χ2n) is 8.31. The number of rotatable bonds is 13. The van der Waals surface area contributed by atoms with Gasteiger partial charge in [0.15, 0.2) is 0 Å². The summed E-state index contributed by atoms with van der Waals surface area (Å²) in [5.41, 5.74) is 9.93. The summed E-state index contributed by atoms with van der Waals surface area (Å²) in [4.78, 5) is 42.0. The number of unbranched alkanes of at least 4 members (excludes halogenated alkanes) is 7. The van der Waals surface area contributed by atoms with Crippen molar-refractivity contribution in [3.8, 4) is 0 Å². The second kappa shape index (κ2) is 12.5. The average molecular weight is 458 g/mol. The maximum atomic E-state index is 12.9. The molecule has 3 amide bonds. The Morgan fingerprint density at radius 1 is 1.06 bits per heavy atom. The molecule has 2 aliphatic heterocycles. The first-order valence-corrected chi connectivity index (χ1v) is 12.5. The highest BCUT2D eigenvalue weighted by Gasteiger charge is 2.39. The summed E-state index contributed by atoms with van der Waals surface area (Å²) >= 11 is 1.78. The lowest BCUT2D eigenvalue weighted by Crippen LogP contribution is -2.52. The largest absolute Gasteiger partial charge is 0.322 e. The van der Waals surface area contributed by atoms with Crippen LogP contribution in [-0.4, -0.2) is 41.0 Å². The molecular formula is C23H31N5O3S. The zero-order chi connectivity index (χ0) is 22.8. The molecule has 1 N–H and O–H groups in total. The summed E-state index contributed by atoms with van der Waals surface area (Å²) in [6, 6.07) is 5.24. The zero-order valence-electron chi connectivity index (χ0n) is 18.4. The van der Waals surface area contributed by atoms with Crippen LogP contribution in [0.1, 0.15) is 80.1 Å². The lowest BCUT2D eigenvalue weighted by atomic mass is 10.0. The lowest BCUT2D eigenvalue weighted by Gasteiger charge is -2.29. The molecule has 1 unspecified atom stereocenters. The summed E-state index contributed by atoms with van der Waals surface area (Å²) in [6.07, 6.45) is 9.99. The molecule has 0 aromatic heterocycles. The third-order valence-corrected chi connectivity index (χ3v) is 7.20. The van der Waals surface area contributed by atoms with E-state index < -0.39 is 6.04 Å². The Bertz CT molecular complexity index is 884. The van der Waals surface area contributed by atoms with Gasteiger partial charge in [-0.2, -0.15) is 0 Å². The van der Waals surface area contributed by atoms with E-state index in [9.17, 15) is 14.4 Å². The highest BCUT2D eigenvalue weighted by Crippen LogP contribution is 2.34. The summed E-state index contributed by atoms with van der Waals surface area (Å²) < 4.78 is 0. The number of benzene rings is 1. The van der Waals surface area contributed by atoms with Crippen LogP contribution in [0.5, 0.6) is 0 Å². The summed E-state index contributed by atoms with van der Waals surface area (Å²) in [6.45, 7) is 1.04. The normalized spacial score (nSPS) is 17.8. The highest BCUT2D eigenvalue weighted by atomic mass is 32.2. The number of piperidine rings is 1. The van der Waals surface area contributed by atoms with Crippen molar-refractivity contribution in [2.24, 2.45) is 5.11 Å². The topological polar surface area (TPSA) is 115 Å². The molecule has 172 valence electrons. The van der Waals surface area contributed by atoms with E-state index >= 15 is 0 Å². The standard InChI is InChI=1S/C23H31N5O3S/c24-27-25-14-7-5-3-1-2-4-6-8-15-32-20-11-9-10-17-18(20)16-28(23(17)31)19-12-13-21(29)26-22(19)30/h9-11,19H,1-8,12-16H2,(H,26,29,30). The number of amides is 3. The average Bonchev–Trinajstić information content (AvgIpc) is 3.11. The maximum absolute atomic E-state index is 12.9. The van der Waals surface area contributed by atoms with Crippen LogP contribution in [0.25, 0.3) is 10.4 Å². The minimum atomic E-state index is -0.565. The first-order chi connectivity index (χ1) is 15.6. The molecule has 3 rings (SSSR count). The number of carbonyl (C=O) groups excluding carboxylic acids is 3. The number of hydrogen-bond acceptors (Lipinski definition) is 5. The summed E-state index contributed by atoms with van der Waals surface area (Å²) in [5, 5.41) is 5.90. The quantitative estimate of drug-likeness (QED) is 0.112. The van der Waals surface area contributed by atoms with E-state index in [-0.39, 0.29) is 24.1 Å². The Hall–Kier alpha value is -2.51. The number of thioether (sulfide) groups is 1. The molecule has 9 heteroatoms. The molecule has 8 nitrogen and oxygen atoms in total. The third kappa shape index (κ3) is 6.50. The Morgan fingerprint density at radius 2 is 1.78 bits per heavy atom. The van der Waals surface area contributed by atoms with Gasteiger partial charge in [-0.15, -0.1) is 11.8 Å². The van der Waals surface area contributed by atoms with Gasteiger partial charge in [-0.1, -0.05) is 49.7 Å². The molecule has 0 aliphatic carbocycles. The SMILES string of the molecule is [N-]=[N+]=NCCCCCCCCCCSc1cccc2c1CN(C1CCC(=O)NC1=O)C2=O. The van der Waals surface area contributed by atoms with Crippen molar-refractivity contribution < 1.29 is 14.4 Å². The number of nitrogens with zero attached hydrogens (tertiary/aromatic N) is 4. The molecule has 2 heterocycles. The Kier molecular flexibility index (Phi) is 9.43. The van der Waals surface area contributed by atoms with Crippen molar-refractivity contribution in [3.05, 3.63) is 39.8 Å². The fraction of sp³-hybridized carbons (Fsp3) is 0.609. The van der Waals surface area contributed by atoms with Crippen molar-refractivity contribution in [3.63, 3.8) is 0 Å². The molecule has 1 aromatic carbocycles. The van der Waals surface area contributed by atoms with Crippen molar-refractivity contribution in [2.75, 3.05) is 12.3 Å². The number of azide groups is 1. The van der Waals surface area contributed by atoms with Crippen LogP contribution in [0.3, 0.4) is 0 Å². The van der Waals surface area contributed by atoms with E-state index in [2.05, 4.69) is 21.4 Å². The van der Waals surface area contributed by atoms with Gasteiger partial charge in [0.05, 0.1) is 0 Å². The molecule has 2 aliphatic rings. The second-order valence-corrected chi connectivity index (χ2v) is 9.45. The van der Waals surface area contributed by atoms with Crippen LogP contribution in [0, 0.1) is 0 Å². The summed E-state index contributed by atoms with van der Waals surface area (Å²) in [5.74, 6) is 0.260. The molecule has 0 saturated carbocycles. The van der Waals surface area contributed by atoms with Gasteiger partial charge in [-0.3, -0.25) is 19.7 Å². The predicted octanol–water partition coefficient (Wildman–Crippen LogP) is 4.97. The minimum absolute atomic E-state index is 0.114. The van der Waals surface area contributed by atoms with Crippen LogP contribution < -0.4 is 5.32 Å². The highest BCUT2D eigenvalue weighted by molar-refractivity contribution is 7.99. The molecule has 1 atom stereocenters. The third-order valence-electron chi connectivity index (χ3n) is 6.01. The van der Waals surface area contributed by atoms with Gasteiger partial charge in [0.2, 0.25) is 11.8 Å². The van der Waals surface area contributed by atoms with Gasteiger partial charge < -0.3 is 4.90 Å². The molecule has 0 spiro atoms. The monoisotopic (exact) mass is 457 g/mol. The van der Waals surface area contributed by atoms with E-state index in [0.717, 1.165) is 35.5 Å². The first kappa shape index (κ1) is 24.1. The van der Waals surface area contributed by atoms with Gasteiger partial charge in [0, 0.05) is 34.9 Å². The van der Waals surface area contributed by atoms with Crippen LogP contribution in [0.15, 0.2) is 28.2 Å². The van der Waals surface area contributed by atoms with Gasteiger partial charge in [0.1, 0.15) is 6.04 Å². The molecule has 0 radical (unpaired) electrons. The van der Waals surface area contributed by atoms with Crippen molar-refractivity contribution >= 4 is 29.5 Å². The molecular weight excluding hydrogens is 426 g/mol. The fourth-order valence-electron chi connectivity index (χ4n) is 4.26. The molecule has 1 aromatic rings. The van der Waals surface area contributed by atoms with Crippen LogP contribution >= 0.6 is 11.8 Å². The fourth-order valence-corrected chi connectivity index (χ4v) is 5.36. The Balaban J connectivity index is 1.38. The number of hydrogen-bond donors (Lipinski definition) is 1. The predicted molar refractivity (Wildman–Crippen MR) is 124 cm³/mol. The zero-order valence-corrected chi connectivity index (χ0v) is 19.2. The number of nitrogens with one attached hydrogen (secondary N) is 1. The van der Waals surface area contributed by atoms with Gasteiger partial charge in [-0.05, 0) is 48.2 Å². The number of carbonyl (C=O) groups is 3. The van der Waals surface area contributed by atoms with Gasteiger partial charge >= 0.3 is 0 Å². The van der Waals surface area contributed by atoms with Crippen LogP contribution in [-0.2, 0) is 16.1 Å².